The number of hydrogen-bond acceptors (Lipinski definition) is 6. The number of nitrogens with one attached hydrogen (secondary N) is 1. The molecule has 0 spiro atoms. The number of ether oxygens (including phenoxy) is 1. The van der Waals surface area contributed by atoms with E-state index in [1.165, 1.54) is 4.88 Å². The first-order valence-electron chi connectivity index (χ1n) is 8.12. The maximum absolute atomic E-state index is 12.0. The molecule has 7 heteroatoms. The van der Waals surface area contributed by atoms with Gasteiger partial charge in [0.2, 0.25) is 5.91 Å². The van der Waals surface area contributed by atoms with Gasteiger partial charge in [0.25, 0.3) is 0 Å². The van der Waals surface area contributed by atoms with Crippen LogP contribution in [0.2, 0.25) is 0 Å². The number of aryl methyl sites for hydroxylation is 1. The molecule has 1 aromatic carbocycles. The lowest BCUT2D eigenvalue weighted by Crippen LogP contribution is -2.24. The van der Waals surface area contributed by atoms with Crippen LogP contribution in [0.1, 0.15) is 17.7 Å². The Balaban J connectivity index is 1.67. The lowest BCUT2D eigenvalue weighted by molar-refractivity contribution is -0.117. The average molecular weight is 354 g/mol. The number of benzene rings is 1. The maximum atomic E-state index is 12.0. The number of carbonyl (C=O) groups excluding carboxylic acids is 1. The van der Waals surface area contributed by atoms with Crippen LogP contribution in [0.15, 0.2) is 30.6 Å². The molecule has 0 unspecified atom stereocenters. The standard InChI is InChI=1S/C18H18N4O2S/c1-11-8-13-17(19-10-20-18(13)25-11)21-12-5-6-14(15(9-12)24-2)22-7-3-4-16(22)23/h5-6,8-10H,3-4,7H2,1-2H3,(H,19,20,21). The summed E-state index contributed by atoms with van der Waals surface area (Å²) in [6.45, 7) is 2.80. The number of fused-ring (bicyclic) bond motifs is 1. The molecule has 0 saturated carbocycles. The highest BCUT2D eigenvalue weighted by Gasteiger charge is 2.24. The van der Waals surface area contributed by atoms with Crippen LogP contribution in [0.5, 0.6) is 5.75 Å². The Bertz CT molecular complexity index is 953. The van der Waals surface area contributed by atoms with Crippen molar-refractivity contribution in [3.63, 3.8) is 0 Å². The summed E-state index contributed by atoms with van der Waals surface area (Å²) in [7, 11) is 1.62. The molecule has 128 valence electrons. The van der Waals surface area contributed by atoms with Crippen molar-refractivity contribution in [2.24, 2.45) is 0 Å². The summed E-state index contributed by atoms with van der Waals surface area (Å²) in [5.41, 5.74) is 1.67. The Morgan fingerprint density at radius 2 is 2.16 bits per heavy atom. The van der Waals surface area contributed by atoms with Gasteiger partial charge in [-0.2, -0.15) is 0 Å². The monoisotopic (exact) mass is 354 g/mol. The van der Waals surface area contributed by atoms with Crippen LogP contribution in [-0.2, 0) is 4.79 Å². The molecule has 1 N–H and O–H groups in total. The van der Waals surface area contributed by atoms with Crippen molar-refractivity contribution >= 4 is 44.7 Å². The number of amides is 1. The molecule has 1 amide bonds. The zero-order chi connectivity index (χ0) is 17.4. The number of carbonyl (C=O) groups is 1. The number of anilines is 3. The van der Waals surface area contributed by atoms with Crippen molar-refractivity contribution in [1.29, 1.82) is 0 Å². The molecular weight excluding hydrogens is 336 g/mol. The lowest BCUT2D eigenvalue weighted by atomic mass is 10.2. The van der Waals surface area contributed by atoms with Gasteiger partial charge in [-0.25, -0.2) is 9.97 Å². The minimum Gasteiger partial charge on any atom is -0.494 e. The van der Waals surface area contributed by atoms with E-state index in [-0.39, 0.29) is 5.91 Å². The Labute approximate surface area is 149 Å². The van der Waals surface area contributed by atoms with Gasteiger partial charge < -0.3 is 15.0 Å². The molecule has 0 bridgehead atoms. The molecule has 4 rings (SSSR count). The quantitative estimate of drug-likeness (QED) is 0.770. The second kappa shape index (κ2) is 6.33. The third-order valence-electron chi connectivity index (χ3n) is 4.26. The van der Waals surface area contributed by atoms with Gasteiger partial charge in [0, 0.05) is 29.6 Å². The van der Waals surface area contributed by atoms with Gasteiger partial charge in [-0.15, -0.1) is 11.3 Å². The first-order valence-corrected chi connectivity index (χ1v) is 8.94. The molecule has 1 saturated heterocycles. The fraction of sp³-hybridized carbons (Fsp3) is 0.278. The average Bonchev–Trinajstić information content (AvgIpc) is 3.20. The van der Waals surface area contributed by atoms with Crippen LogP contribution < -0.4 is 15.0 Å². The molecule has 0 aliphatic carbocycles. The van der Waals surface area contributed by atoms with Crippen LogP contribution in [-0.4, -0.2) is 29.5 Å². The van der Waals surface area contributed by atoms with E-state index in [2.05, 4.69) is 28.3 Å². The minimum absolute atomic E-state index is 0.144. The van der Waals surface area contributed by atoms with Gasteiger partial charge >= 0.3 is 0 Å². The lowest BCUT2D eigenvalue weighted by Gasteiger charge is -2.20. The fourth-order valence-corrected chi connectivity index (χ4v) is 3.94. The maximum Gasteiger partial charge on any atom is 0.227 e. The van der Waals surface area contributed by atoms with Gasteiger partial charge in [-0.3, -0.25) is 4.79 Å². The van der Waals surface area contributed by atoms with E-state index in [0.29, 0.717) is 12.2 Å². The predicted molar refractivity (Wildman–Crippen MR) is 100 cm³/mol. The van der Waals surface area contributed by atoms with Crippen molar-refractivity contribution in [2.45, 2.75) is 19.8 Å². The molecule has 3 heterocycles. The molecule has 1 aliphatic rings. The van der Waals surface area contributed by atoms with Gasteiger partial charge in [-0.1, -0.05) is 0 Å². The molecular formula is C18H18N4O2S. The number of rotatable bonds is 4. The smallest absolute Gasteiger partial charge is 0.227 e. The van der Waals surface area contributed by atoms with Crippen molar-refractivity contribution in [2.75, 3.05) is 23.9 Å². The SMILES string of the molecule is COc1cc(Nc2ncnc3sc(C)cc23)ccc1N1CCCC1=O. The summed E-state index contributed by atoms with van der Waals surface area (Å²) in [6.07, 6.45) is 3.05. The summed E-state index contributed by atoms with van der Waals surface area (Å²) in [5.74, 6) is 1.58. The van der Waals surface area contributed by atoms with E-state index in [0.717, 1.165) is 40.4 Å². The highest BCUT2D eigenvalue weighted by molar-refractivity contribution is 7.18. The van der Waals surface area contributed by atoms with E-state index < -0.39 is 0 Å². The molecule has 25 heavy (non-hydrogen) atoms. The molecule has 1 fully saturated rings. The third-order valence-corrected chi connectivity index (χ3v) is 5.22. The Morgan fingerprint density at radius 1 is 1.28 bits per heavy atom. The Morgan fingerprint density at radius 3 is 2.92 bits per heavy atom. The largest absolute Gasteiger partial charge is 0.494 e. The second-order valence-electron chi connectivity index (χ2n) is 5.96. The molecule has 0 radical (unpaired) electrons. The van der Waals surface area contributed by atoms with Gasteiger partial charge in [0.15, 0.2) is 0 Å². The number of nitrogens with zero attached hydrogens (tertiary/aromatic N) is 3. The minimum atomic E-state index is 0.144. The van der Waals surface area contributed by atoms with Crippen molar-refractivity contribution in [3.8, 4) is 5.75 Å². The number of hydrogen-bond donors (Lipinski definition) is 1. The number of aromatic nitrogens is 2. The first-order chi connectivity index (χ1) is 12.2. The van der Waals surface area contributed by atoms with Crippen molar-refractivity contribution in [3.05, 3.63) is 35.5 Å². The molecule has 1 aliphatic heterocycles. The first kappa shape index (κ1) is 15.8. The van der Waals surface area contributed by atoms with Crippen LogP contribution in [0.3, 0.4) is 0 Å². The normalized spacial score (nSPS) is 14.3. The second-order valence-corrected chi connectivity index (χ2v) is 7.19. The van der Waals surface area contributed by atoms with Crippen LogP contribution in [0.25, 0.3) is 10.2 Å². The van der Waals surface area contributed by atoms with Gasteiger partial charge in [-0.05, 0) is 31.5 Å². The van der Waals surface area contributed by atoms with Crippen molar-refractivity contribution < 1.29 is 9.53 Å². The Kier molecular flexibility index (Phi) is 4.01. The highest BCUT2D eigenvalue weighted by Crippen LogP contribution is 2.35. The van der Waals surface area contributed by atoms with E-state index in [9.17, 15) is 4.79 Å². The highest BCUT2D eigenvalue weighted by atomic mass is 32.1. The van der Waals surface area contributed by atoms with E-state index in [1.54, 1.807) is 29.7 Å². The van der Waals surface area contributed by atoms with Gasteiger partial charge in [0.1, 0.15) is 22.7 Å². The zero-order valence-electron chi connectivity index (χ0n) is 14.1. The summed E-state index contributed by atoms with van der Waals surface area (Å²) in [4.78, 5) is 24.6. The van der Waals surface area contributed by atoms with Crippen LogP contribution >= 0.6 is 11.3 Å². The van der Waals surface area contributed by atoms with Crippen LogP contribution in [0.4, 0.5) is 17.2 Å². The predicted octanol–water partition coefficient (Wildman–Crippen LogP) is 3.88. The van der Waals surface area contributed by atoms with E-state index in [1.807, 2.05) is 18.2 Å². The van der Waals surface area contributed by atoms with E-state index in [4.69, 9.17) is 4.74 Å². The molecule has 0 atom stereocenters. The van der Waals surface area contributed by atoms with E-state index >= 15 is 0 Å². The van der Waals surface area contributed by atoms with Crippen molar-refractivity contribution in [1.82, 2.24) is 9.97 Å². The molecule has 2 aromatic heterocycles. The Hall–Kier alpha value is -2.67. The summed E-state index contributed by atoms with van der Waals surface area (Å²) in [5, 5.41) is 4.34. The van der Waals surface area contributed by atoms with Crippen LogP contribution in [0, 0.1) is 6.92 Å². The summed E-state index contributed by atoms with van der Waals surface area (Å²) in [6, 6.07) is 7.84. The topological polar surface area (TPSA) is 67.3 Å². The number of thiophene rings is 1. The van der Waals surface area contributed by atoms with Gasteiger partial charge in [0.05, 0.1) is 18.2 Å². The third kappa shape index (κ3) is 2.91. The number of methoxy groups -OCH3 is 1. The molecule has 6 nitrogen and oxygen atoms in total. The molecule has 3 aromatic rings. The summed E-state index contributed by atoms with van der Waals surface area (Å²) < 4.78 is 5.51. The fourth-order valence-electron chi connectivity index (χ4n) is 3.09. The summed E-state index contributed by atoms with van der Waals surface area (Å²) >= 11 is 1.64. The zero-order valence-corrected chi connectivity index (χ0v) is 14.9.